The Morgan fingerprint density at radius 1 is 1.39 bits per heavy atom. The molecule has 0 bridgehead atoms. The summed E-state index contributed by atoms with van der Waals surface area (Å²) in [5, 5.41) is 15.9. The molecule has 23 heavy (non-hydrogen) atoms. The molecule has 1 aromatic rings. The Morgan fingerprint density at radius 3 is 2.70 bits per heavy atom. The van der Waals surface area contributed by atoms with Gasteiger partial charge in [0.15, 0.2) is 0 Å². The van der Waals surface area contributed by atoms with Crippen LogP contribution in [-0.4, -0.2) is 27.9 Å². The average molecular weight is 321 g/mol. The van der Waals surface area contributed by atoms with Gasteiger partial charge < -0.3 is 20.3 Å². The summed E-state index contributed by atoms with van der Waals surface area (Å²) in [6, 6.07) is 1.31. The summed E-state index contributed by atoms with van der Waals surface area (Å²) < 4.78 is 1.42. The van der Waals surface area contributed by atoms with E-state index in [-0.39, 0.29) is 23.7 Å². The smallest absolute Gasteiger partial charge is 0.319 e. The monoisotopic (exact) mass is 321 g/mol. The fraction of sp³-hybridized carbons (Fsp3) is 0.647. The summed E-state index contributed by atoms with van der Waals surface area (Å²) >= 11 is 0. The lowest BCUT2D eigenvalue weighted by Crippen LogP contribution is -2.48. The van der Waals surface area contributed by atoms with Gasteiger partial charge in [0.25, 0.3) is 5.56 Å². The highest BCUT2D eigenvalue weighted by atomic mass is 16.3. The number of hydrogen-bond donors (Lipinski definition) is 3. The SMILES string of the molecule is Cc1ccn(C)c(=O)c1NC(=O)NC[C@@](C)(O)C1CCCCC1. The van der Waals surface area contributed by atoms with Crippen LogP contribution in [0.1, 0.15) is 44.6 Å². The molecule has 6 heteroatoms. The van der Waals surface area contributed by atoms with Crippen LogP contribution in [0.2, 0.25) is 0 Å². The minimum atomic E-state index is -0.922. The van der Waals surface area contributed by atoms with Crippen molar-refractivity contribution in [2.24, 2.45) is 13.0 Å². The van der Waals surface area contributed by atoms with Gasteiger partial charge in [-0.3, -0.25) is 4.79 Å². The molecule has 128 valence electrons. The van der Waals surface area contributed by atoms with E-state index in [1.807, 2.05) is 0 Å². The lowest BCUT2D eigenvalue weighted by atomic mass is 9.78. The van der Waals surface area contributed by atoms with E-state index in [1.165, 1.54) is 11.0 Å². The first-order valence-electron chi connectivity index (χ1n) is 8.25. The zero-order chi connectivity index (χ0) is 17.0. The number of aromatic nitrogens is 1. The molecule has 0 aliphatic heterocycles. The van der Waals surface area contributed by atoms with E-state index >= 15 is 0 Å². The fourth-order valence-corrected chi connectivity index (χ4v) is 3.16. The van der Waals surface area contributed by atoms with Crippen LogP contribution in [0.25, 0.3) is 0 Å². The maximum atomic E-state index is 12.1. The van der Waals surface area contributed by atoms with E-state index in [0.29, 0.717) is 5.56 Å². The number of urea groups is 1. The molecule has 0 unspecified atom stereocenters. The third kappa shape index (κ3) is 4.34. The molecule has 0 radical (unpaired) electrons. The molecule has 0 saturated heterocycles. The number of nitrogens with one attached hydrogen (secondary N) is 2. The molecule has 6 nitrogen and oxygen atoms in total. The van der Waals surface area contributed by atoms with Crippen LogP contribution in [0.4, 0.5) is 10.5 Å². The van der Waals surface area contributed by atoms with Crippen LogP contribution < -0.4 is 16.2 Å². The summed E-state index contributed by atoms with van der Waals surface area (Å²) in [4.78, 5) is 24.1. The lowest BCUT2D eigenvalue weighted by Gasteiger charge is -2.35. The standard InChI is InChI=1S/C17H27N3O3/c1-12-9-10-20(3)15(21)14(12)19-16(22)18-11-17(2,23)13-7-5-4-6-8-13/h9-10,13,23H,4-8,11H2,1-3H3,(H2,18,19,22)/t17-/m1/s1. The number of rotatable bonds is 4. The molecule has 1 saturated carbocycles. The van der Waals surface area contributed by atoms with E-state index in [9.17, 15) is 14.7 Å². The van der Waals surface area contributed by atoms with E-state index < -0.39 is 11.6 Å². The second-order valence-corrected chi connectivity index (χ2v) is 6.79. The van der Waals surface area contributed by atoms with E-state index in [1.54, 1.807) is 33.2 Å². The molecule has 2 rings (SSSR count). The molecule has 2 amide bonds. The fourth-order valence-electron chi connectivity index (χ4n) is 3.16. The van der Waals surface area contributed by atoms with Crippen molar-refractivity contribution in [2.75, 3.05) is 11.9 Å². The number of amides is 2. The lowest BCUT2D eigenvalue weighted by molar-refractivity contribution is -0.0127. The van der Waals surface area contributed by atoms with Crippen molar-refractivity contribution in [3.05, 3.63) is 28.2 Å². The van der Waals surface area contributed by atoms with Crippen LogP contribution in [-0.2, 0) is 7.05 Å². The normalized spacial score (nSPS) is 18.3. The third-order valence-corrected chi connectivity index (χ3v) is 4.81. The maximum Gasteiger partial charge on any atom is 0.319 e. The van der Waals surface area contributed by atoms with Crippen molar-refractivity contribution < 1.29 is 9.90 Å². The van der Waals surface area contributed by atoms with Gasteiger partial charge in [0, 0.05) is 19.8 Å². The van der Waals surface area contributed by atoms with Gasteiger partial charge in [0.2, 0.25) is 0 Å². The Hall–Kier alpha value is -1.82. The summed E-state index contributed by atoms with van der Waals surface area (Å²) in [5.41, 5.74) is -0.194. The molecule has 1 atom stereocenters. The van der Waals surface area contributed by atoms with Crippen molar-refractivity contribution in [3.63, 3.8) is 0 Å². The number of aryl methyl sites for hydroxylation is 2. The highest BCUT2D eigenvalue weighted by Gasteiger charge is 2.33. The van der Waals surface area contributed by atoms with Crippen LogP contribution in [0.5, 0.6) is 0 Å². The van der Waals surface area contributed by atoms with E-state index in [4.69, 9.17) is 0 Å². The van der Waals surface area contributed by atoms with Crippen molar-refractivity contribution in [2.45, 2.75) is 51.6 Å². The molecular formula is C17H27N3O3. The molecule has 1 aromatic heterocycles. The summed E-state index contributed by atoms with van der Waals surface area (Å²) in [6.07, 6.45) is 7.13. The number of hydrogen-bond acceptors (Lipinski definition) is 3. The van der Waals surface area contributed by atoms with Crippen molar-refractivity contribution >= 4 is 11.7 Å². The Bertz CT molecular complexity index is 616. The third-order valence-electron chi connectivity index (χ3n) is 4.81. The Kier molecular flexibility index (Phi) is 5.46. The highest BCUT2D eigenvalue weighted by molar-refractivity contribution is 5.89. The molecule has 1 heterocycles. The topological polar surface area (TPSA) is 83.4 Å². The maximum absolute atomic E-state index is 12.1. The number of nitrogens with zero attached hydrogens (tertiary/aromatic N) is 1. The Labute approximate surface area is 136 Å². The largest absolute Gasteiger partial charge is 0.388 e. The molecule has 0 aromatic carbocycles. The van der Waals surface area contributed by atoms with Crippen molar-refractivity contribution in [1.29, 1.82) is 0 Å². The summed E-state index contributed by atoms with van der Waals surface area (Å²) in [7, 11) is 1.64. The first-order valence-corrected chi connectivity index (χ1v) is 8.25. The Balaban J connectivity index is 1.95. The molecule has 1 aliphatic carbocycles. The van der Waals surface area contributed by atoms with Crippen molar-refractivity contribution in [3.8, 4) is 0 Å². The predicted octanol–water partition coefficient (Wildman–Crippen LogP) is 2.15. The minimum Gasteiger partial charge on any atom is -0.388 e. The quantitative estimate of drug-likeness (QED) is 0.794. The molecule has 1 aliphatic rings. The van der Waals surface area contributed by atoms with Crippen LogP contribution in [0.3, 0.4) is 0 Å². The van der Waals surface area contributed by atoms with Crippen LogP contribution in [0, 0.1) is 12.8 Å². The molecule has 0 spiro atoms. The van der Waals surface area contributed by atoms with Gasteiger partial charge in [-0.05, 0) is 44.2 Å². The zero-order valence-corrected chi connectivity index (χ0v) is 14.2. The van der Waals surface area contributed by atoms with Gasteiger partial charge in [0.05, 0.1) is 5.60 Å². The summed E-state index contributed by atoms with van der Waals surface area (Å²) in [6.45, 7) is 3.72. The number of carbonyl (C=O) groups excluding carboxylic acids is 1. The summed E-state index contributed by atoms with van der Waals surface area (Å²) in [5.74, 6) is 0.211. The number of anilines is 1. The first kappa shape index (κ1) is 17.5. The molecular weight excluding hydrogens is 294 g/mol. The second-order valence-electron chi connectivity index (χ2n) is 6.79. The first-order chi connectivity index (χ1) is 10.8. The van der Waals surface area contributed by atoms with E-state index in [2.05, 4.69) is 10.6 Å². The Morgan fingerprint density at radius 2 is 2.04 bits per heavy atom. The predicted molar refractivity (Wildman–Crippen MR) is 90.6 cm³/mol. The van der Waals surface area contributed by atoms with Gasteiger partial charge in [-0.2, -0.15) is 0 Å². The van der Waals surface area contributed by atoms with Gasteiger partial charge >= 0.3 is 6.03 Å². The highest BCUT2D eigenvalue weighted by Crippen LogP contribution is 2.32. The average Bonchev–Trinajstić information content (AvgIpc) is 2.54. The van der Waals surface area contributed by atoms with Crippen molar-refractivity contribution in [1.82, 2.24) is 9.88 Å². The molecule has 3 N–H and O–H groups in total. The van der Waals surface area contributed by atoms with Gasteiger partial charge in [0.1, 0.15) is 5.69 Å². The number of carbonyl (C=O) groups is 1. The zero-order valence-electron chi connectivity index (χ0n) is 14.2. The number of aliphatic hydroxyl groups is 1. The van der Waals surface area contributed by atoms with Crippen LogP contribution >= 0.6 is 0 Å². The molecule has 1 fully saturated rings. The minimum absolute atomic E-state index is 0.176. The van der Waals surface area contributed by atoms with E-state index in [0.717, 1.165) is 25.7 Å². The van der Waals surface area contributed by atoms with Crippen LogP contribution in [0.15, 0.2) is 17.1 Å². The van der Waals surface area contributed by atoms with Gasteiger partial charge in [-0.25, -0.2) is 4.79 Å². The van der Waals surface area contributed by atoms with Gasteiger partial charge in [-0.15, -0.1) is 0 Å². The second kappa shape index (κ2) is 7.17. The van der Waals surface area contributed by atoms with Gasteiger partial charge in [-0.1, -0.05) is 19.3 Å². The number of pyridine rings is 1.